The maximum atomic E-state index is 11.0. The molecular formula is C8H19O6P. The van der Waals surface area contributed by atoms with E-state index < -0.39 is 7.82 Å². The van der Waals surface area contributed by atoms with Crippen LogP contribution in [0.25, 0.3) is 0 Å². The number of hydrogen-bond acceptors (Lipinski definition) is 5. The summed E-state index contributed by atoms with van der Waals surface area (Å²) in [5.41, 5.74) is 0. The van der Waals surface area contributed by atoms with E-state index in [1.807, 2.05) is 13.8 Å². The largest absolute Gasteiger partial charge is 0.499 e. The van der Waals surface area contributed by atoms with Gasteiger partial charge in [-0.15, -0.1) is 4.67 Å². The molecule has 0 aliphatic carbocycles. The summed E-state index contributed by atoms with van der Waals surface area (Å²) in [7, 11) is -2.96. The molecule has 0 aromatic rings. The van der Waals surface area contributed by atoms with E-state index in [9.17, 15) is 4.57 Å². The monoisotopic (exact) mass is 242 g/mol. The fourth-order valence-corrected chi connectivity index (χ4v) is 1.45. The molecule has 0 bridgehead atoms. The van der Waals surface area contributed by atoms with Crippen LogP contribution in [0.5, 0.6) is 0 Å². The third-order valence-corrected chi connectivity index (χ3v) is 2.42. The quantitative estimate of drug-likeness (QED) is 0.378. The van der Waals surface area contributed by atoms with Crippen LogP contribution >= 0.6 is 7.82 Å². The van der Waals surface area contributed by atoms with Crippen molar-refractivity contribution in [3.05, 3.63) is 0 Å². The van der Waals surface area contributed by atoms with Gasteiger partial charge in [0.2, 0.25) is 0 Å². The van der Waals surface area contributed by atoms with Gasteiger partial charge in [-0.2, -0.15) is 0 Å². The maximum Gasteiger partial charge on any atom is 0.499 e. The molecule has 7 heteroatoms. The lowest BCUT2D eigenvalue weighted by molar-refractivity contribution is -0.199. The van der Waals surface area contributed by atoms with E-state index in [0.29, 0.717) is 13.0 Å². The third kappa shape index (κ3) is 7.90. The zero-order valence-corrected chi connectivity index (χ0v) is 10.2. The molecule has 15 heavy (non-hydrogen) atoms. The predicted molar refractivity (Wildman–Crippen MR) is 54.2 cm³/mol. The van der Waals surface area contributed by atoms with E-state index in [2.05, 4.69) is 14.1 Å². The topological polar surface area (TPSA) is 74.2 Å². The Morgan fingerprint density at radius 3 is 2.53 bits per heavy atom. The van der Waals surface area contributed by atoms with Crippen LogP contribution in [-0.2, 0) is 23.4 Å². The molecule has 92 valence electrons. The minimum absolute atomic E-state index is 0.00758. The Kier molecular flexibility index (Phi) is 8.23. The van der Waals surface area contributed by atoms with Crippen LogP contribution in [0.1, 0.15) is 26.7 Å². The molecule has 0 aromatic heterocycles. The average molecular weight is 242 g/mol. The van der Waals surface area contributed by atoms with Crippen molar-refractivity contribution in [2.75, 3.05) is 20.3 Å². The SMILES string of the molecule is CCCOC(CC)COP(=O)(O)OOC. The molecule has 2 atom stereocenters. The summed E-state index contributed by atoms with van der Waals surface area (Å²) in [5.74, 6) is 0. The Morgan fingerprint density at radius 1 is 1.40 bits per heavy atom. The van der Waals surface area contributed by atoms with Crippen molar-refractivity contribution in [1.82, 2.24) is 0 Å². The second-order valence-electron chi connectivity index (χ2n) is 2.91. The highest BCUT2D eigenvalue weighted by molar-refractivity contribution is 7.47. The van der Waals surface area contributed by atoms with Crippen molar-refractivity contribution in [2.24, 2.45) is 0 Å². The molecule has 0 heterocycles. The zero-order chi connectivity index (χ0) is 11.7. The minimum Gasteiger partial charge on any atom is -0.376 e. The molecule has 0 fully saturated rings. The van der Waals surface area contributed by atoms with Gasteiger partial charge in [0.1, 0.15) is 0 Å². The van der Waals surface area contributed by atoms with Gasteiger partial charge in [0.25, 0.3) is 0 Å². The van der Waals surface area contributed by atoms with Crippen LogP contribution < -0.4 is 0 Å². The summed E-state index contributed by atoms with van der Waals surface area (Å²) in [6, 6.07) is 0. The van der Waals surface area contributed by atoms with Crippen molar-refractivity contribution in [2.45, 2.75) is 32.8 Å². The Bertz CT molecular complexity index is 198. The third-order valence-electron chi connectivity index (χ3n) is 1.61. The van der Waals surface area contributed by atoms with Gasteiger partial charge in [-0.1, -0.05) is 13.8 Å². The maximum absolute atomic E-state index is 11.0. The first-order chi connectivity index (χ1) is 7.05. The van der Waals surface area contributed by atoms with Crippen LogP contribution in [-0.4, -0.2) is 31.3 Å². The van der Waals surface area contributed by atoms with Crippen LogP contribution in [0.4, 0.5) is 0 Å². The Morgan fingerprint density at radius 2 is 2.07 bits per heavy atom. The van der Waals surface area contributed by atoms with Crippen LogP contribution in [0.2, 0.25) is 0 Å². The predicted octanol–water partition coefficient (Wildman–Crippen LogP) is 1.89. The van der Waals surface area contributed by atoms with E-state index in [1.54, 1.807) is 0 Å². The van der Waals surface area contributed by atoms with Crippen molar-refractivity contribution in [1.29, 1.82) is 0 Å². The molecule has 1 N–H and O–H groups in total. The first-order valence-electron chi connectivity index (χ1n) is 4.87. The molecule has 0 saturated carbocycles. The lowest BCUT2D eigenvalue weighted by atomic mass is 10.3. The summed E-state index contributed by atoms with van der Waals surface area (Å²) in [4.78, 5) is 13.1. The fraction of sp³-hybridized carbons (Fsp3) is 1.00. The second-order valence-corrected chi connectivity index (χ2v) is 4.25. The number of phosphoric acid groups is 1. The van der Waals surface area contributed by atoms with Crippen LogP contribution in [0.15, 0.2) is 0 Å². The van der Waals surface area contributed by atoms with Crippen LogP contribution in [0.3, 0.4) is 0 Å². The lowest BCUT2D eigenvalue weighted by Gasteiger charge is -2.17. The van der Waals surface area contributed by atoms with Crippen molar-refractivity contribution < 1.29 is 28.3 Å². The molecule has 2 unspecified atom stereocenters. The molecule has 0 amide bonds. The number of phosphoric ester groups is 1. The molecule has 0 aromatic carbocycles. The molecule has 0 rings (SSSR count). The van der Waals surface area contributed by atoms with Gasteiger partial charge in [0, 0.05) is 6.61 Å². The summed E-state index contributed by atoms with van der Waals surface area (Å²) in [6.45, 7) is 4.50. The standard InChI is InChI=1S/C8H19O6P/c1-4-6-12-8(5-2)7-13-15(9,10)14-11-3/h8H,4-7H2,1-3H3,(H,9,10). The molecule has 0 radical (unpaired) electrons. The molecule has 0 aliphatic heterocycles. The first-order valence-corrected chi connectivity index (χ1v) is 6.36. The van der Waals surface area contributed by atoms with E-state index in [-0.39, 0.29) is 12.7 Å². The zero-order valence-electron chi connectivity index (χ0n) is 9.34. The van der Waals surface area contributed by atoms with Gasteiger partial charge in [-0.3, -0.25) is 4.52 Å². The summed E-state index contributed by atoms with van der Waals surface area (Å²) in [5, 5.41) is 0. The fourth-order valence-electron chi connectivity index (χ4n) is 0.861. The molecular weight excluding hydrogens is 223 g/mol. The molecule has 6 nitrogen and oxygen atoms in total. The van der Waals surface area contributed by atoms with Crippen molar-refractivity contribution in [3.63, 3.8) is 0 Å². The highest BCUT2D eigenvalue weighted by Crippen LogP contribution is 2.43. The Labute approximate surface area is 90.0 Å². The Hall–Kier alpha value is 0.0300. The van der Waals surface area contributed by atoms with Gasteiger partial charge >= 0.3 is 7.82 Å². The number of hydrogen-bond donors (Lipinski definition) is 1. The molecule has 0 spiro atoms. The first kappa shape index (κ1) is 15.0. The lowest BCUT2D eigenvalue weighted by Crippen LogP contribution is -2.19. The highest BCUT2D eigenvalue weighted by Gasteiger charge is 2.23. The van der Waals surface area contributed by atoms with Gasteiger partial charge in [-0.25, -0.2) is 9.45 Å². The summed E-state index contributed by atoms with van der Waals surface area (Å²) < 4.78 is 25.1. The summed E-state index contributed by atoms with van der Waals surface area (Å²) in [6.07, 6.45) is 1.39. The van der Waals surface area contributed by atoms with E-state index >= 15 is 0 Å². The van der Waals surface area contributed by atoms with Crippen LogP contribution in [0, 0.1) is 0 Å². The van der Waals surface area contributed by atoms with Gasteiger partial charge < -0.3 is 9.63 Å². The van der Waals surface area contributed by atoms with Gasteiger partial charge in [-0.05, 0) is 12.8 Å². The van der Waals surface area contributed by atoms with Gasteiger partial charge in [0.15, 0.2) is 0 Å². The highest BCUT2D eigenvalue weighted by atomic mass is 31.2. The van der Waals surface area contributed by atoms with E-state index in [0.717, 1.165) is 13.5 Å². The average Bonchev–Trinajstić information content (AvgIpc) is 2.18. The normalized spacial score (nSPS) is 17.3. The number of rotatable bonds is 9. The minimum atomic E-state index is -4.09. The van der Waals surface area contributed by atoms with Crippen molar-refractivity contribution in [3.8, 4) is 0 Å². The van der Waals surface area contributed by atoms with E-state index in [4.69, 9.17) is 9.63 Å². The van der Waals surface area contributed by atoms with Gasteiger partial charge in [0.05, 0.1) is 19.8 Å². The Balaban J connectivity index is 3.83. The second kappa shape index (κ2) is 8.21. The summed E-state index contributed by atoms with van der Waals surface area (Å²) >= 11 is 0. The van der Waals surface area contributed by atoms with Crippen molar-refractivity contribution >= 4 is 7.82 Å². The molecule has 0 saturated heterocycles. The molecule has 0 aliphatic rings. The smallest absolute Gasteiger partial charge is 0.376 e. The van der Waals surface area contributed by atoms with E-state index in [1.165, 1.54) is 0 Å². The number of ether oxygens (including phenoxy) is 1.